The van der Waals surface area contributed by atoms with Crippen molar-refractivity contribution in [3.63, 3.8) is 0 Å². The molecule has 1 fully saturated rings. The lowest BCUT2D eigenvalue weighted by molar-refractivity contribution is -0.121. The number of sulfonamides is 1. The van der Waals surface area contributed by atoms with Crippen molar-refractivity contribution in [2.45, 2.75) is 36.7 Å². The quantitative estimate of drug-likeness (QED) is 0.609. The molecule has 2 aromatic carbocycles. The van der Waals surface area contributed by atoms with Gasteiger partial charge in [-0.05, 0) is 42.7 Å². The molecule has 29 heavy (non-hydrogen) atoms. The van der Waals surface area contributed by atoms with Gasteiger partial charge in [-0.2, -0.15) is 0 Å². The molecule has 0 aromatic heterocycles. The van der Waals surface area contributed by atoms with Crippen LogP contribution in [0.3, 0.4) is 0 Å². The van der Waals surface area contributed by atoms with Crippen LogP contribution in [0.4, 0.5) is 0 Å². The molecule has 8 heteroatoms. The van der Waals surface area contributed by atoms with E-state index in [9.17, 15) is 13.2 Å². The molecule has 1 saturated heterocycles. The van der Waals surface area contributed by atoms with Gasteiger partial charge in [-0.25, -0.2) is 13.1 Å². The van der Waals surface area contributed by atoms with Gasteiger partial charge in [-0.15, -0.1) is 0 Å². The van der Waals surface area contributed by atoms with Gasteiger partial charge in [0.1, 0.15) is 0 Å². The zero-order chi connectivity index (χ0) is 20.7. The topological polar surface area (TPSA) is 78.5 Å². The van der Waals surface area contributed by atoms with Crippen molar-refractivity contribution in [3.05, 3.63) is 64.6 Å². The number of piperidine rings is 1. The summed E-state index contributed by atoms with van der Waals surface area (Å²) in [5.41, 5.74) is 1.30. The second-order valence-corrected chi connectivity index (χ2v) is 9.89. The first-order chi connectivity index (χ1) is 13.9. The van der Waals surface area contributed by atoms with Gasteiger partial charge in [-0.3, -0.25) is 9.69 Å². The highest BCUT2D eigenvalue weighted by atomic mass is 79.9. The highest BCUT2D eigenvalue weighted by Gasteiger charge is 2.21. The van der Waals surface area contributed by atoms with Crippen LogP contribution in [0.5, 0.6) is 0 Å². The number of hydrogen-bond acceptors (Lipinski definition) is 4. The standard InChI is InChI=1S/C21H26BrN3O3S/c22-18-6-8-20(9-7-18)29(27,28)23-13-10-21(26)24-19-11-14-25(15-12-19)16-17-4-2-1-3-5-17/h1-9,19,23H,10-16H2,(H,24,26). The minimum atomic E-state index is -3.60. The SMILES string of the molecule is O=C(CCNS(=O)(=O)c1ccc(Br)cc1)NC1CCN(Cc2ccccc2)CC1. The summed E-state index contributed by atoms with van der Waals surface area (Å²) >= 11 is 3.28. The Kier molecular flexibility index (Phi) is 7.83. The van der Waals surface area contributed by atoms with Crippen LogP contribution in [0.25, 0.3) is 0 Å². The van der Waals surface area contributed by atoms with E-state index in [-0.39, 0.29) is 29.8 Å². The zero-order valence-corrected chi connectivity index (χ0v) is 18.6. The maximum absolute atomic E-state index is 12.2. The Morgan fingerprint density at radius 2 is 1.69 bits per heavy atom. The van der Waals surface area contributed by atoms with Crippen LogP contribution in [0.1, 0.15) is 24.8 Å². The number of likely N-dealkylation sites (tertiary alicyclic amines) is 1. The largest absolute Gasteiger partial charge is 0.353 e. The molecule has 0 unspecified atom stereocenters. The van der Waals surface area contributed by atoms with E-state index in [1.165, 1.54) is 17.7 Å². The third kappa shape index (κ3) is 6.92. The van der Waals surface area contributed by atoms with Crippen LogP contribution < -0.4 is 10.0 Å². The number of halogens is 1. The summed E-state index contributed by atoms with van der Waals surface area (Å²) in [4.78, 5) is 14.8. The minimum Gasteiger partial charge on any atom is -0.353 e. The Hall–Kier alpha value is -1.74. The summed E-state index contributed by atoms with van der Waals surface area (Å²) in [7, 11) is -3.60. The van der Waals surface area contributed by atoms with Crippen molar-refractivity contribution in [2.24, 2.45) is 0 Å². The lowest BCUT2D eigenvalue weighted by Crippen LogP contribution is -2.45. The molecule has 0 radical (unpaired) electrons. The van der Waals surface area contributed by atoms with Gasteiger partial charge in [0, 0.05) is 43.1 Å². The summed E-state index contributed by atoms with van der Waals surface area (Å²) in [6, 6.07) is 16.9. The van der Waals surface area contributed by atoms with E-state index in [0.29, 0.717) is 0 Å². The van der Waals surface area contributed by atoms with Crippen molar-refractivity contribution in [1.82, 2.24) is 14.9 Å². The molecule has 156 valence electrons. The monoisotopic (exact) mass is 479 g/mol. The van der Waals surface area contributed by atoms with Crippen molar-refractivity contribution in [1.29, 1.82) is 0 Å². The average molecular weight is 480 g/mol. The molecule has 1 amide bonds. The summed E-state index contributed by atoms with van der Waals surface area (Å²) in [5.74, 6) is -0.120. The van der Waals surface area contributed by atoms with Crippen molar-refractivity contribution in [3.8, 4) is 0 Å². The van der Waals surface area contributed by atoms with Crippen LogP contribution in [0.15, 0.2) is 64.0 Å². The first-order valence-electron chi connectivity index (χ1n) is 9.73. The number of carbonyl (C=O) groups excluding carboxylic acids is 1. The van der Waals surface area contributed by atoms with Crippen LogP contribution in [0, 0.1) is 0 Å². The smallest absolute Gasteiger partial charge is 0.240 e. The fraction of sp³-hybridized carbons (Fsp3) is 0.381. The fourth-order valence-electron chi connectivity index (χ4n) is 3.37. The van der Waals surface area contributed by atoms with Crippen LogP contribution in [-0.4, -0.2) is 44.9 Å². The van der Waals surface area contributed by atoms with Crippen LogP contribution >= 0.6 is 15.9 Å². The van der Waals surface area contributed by atoms with Crippen molar-refractivity contribution < 1.29 is 13.2 Å². The third-order valence-electron chi connectivity index (χ3n) is 4.97. The Labute approximate surface area is 180 Å². The first kappa shape index (κ1) is 22.0. The van der Waals surface area contributed by atoms with Crippen molar-refractivity contribution in [2.75, 3.05) is 19.6 Å². The highest BCUT2D eigenvalue weighted by Crippen LogP contribution is 2.15. The third-order valence-corrected chi connectivity index (χ3v) is 6.98. The molecule has 0 saturated carbocycles. The van der Waals surface area contributed by atoms with E-state index in [1.54, 1.807) is 12.1 Å². The van der Waals surface area contributed by atoms with Gasteiger partial charge < -0.3 is 5.32 Å². The Balaban J connectivity index is 1.36. The Bertz CT molecular complexity index is 897. The normalized spacial score (nSPS) is 15.9. The van der Waals surface area contributed by atoms with Gasteiger partial charge in [0.25, 0.3) is 0 Å². The number of nitrogens with one attached hydrogen (secondary N) is 2. The van der Waals surface area contributed by atoms with Gasteiger partial charge in [-0.1, -0.05) is 46.3 Å². The van der Waals surface area contributed by atoms with Gasteiger partial charge in [0.05, 0.1) is 4.90 Å². The molecule has 2 aromatic rings. The van der Waals surface area contributed by atoms with E-state index in [2.05, 4.69) is 43.0 Å². The summed E-state index contributed by atoms with van der Waals surface area (Å²) in [6.45, 7) is 2.89. The average Bonchev–Trinajstić information content (AvgIpc) is 2.70. The minimum absolute atomic E-state index is 0.0804. The molecular formula is C21H26BrN3O3S. The Morgan fingerprint density at radius 1 is 1.03 bits per heavy atom. The lowest BCUT2D eigenvalue weighted by atomic mass is 10.0. The summed E-state index contributed by atoms with van der Waals surface area (Å²) < 4.78 is 27.8. The second-order valence-electron chi connectivity index (χ2n) is 7.21. The molecule has 2 N–H and O–H groups in total. The number of carbonyl (C=O) groups is 1. The number of nitrogens with zero attached hydrogens (tertiary/aromatic N) is 1. The molecule has 0 bridgehead atoms. The van der Waals surface area contributed by atoms with Gasteiger partial charge in [0.15, 0.2) is 0 Å². The predicted octanol–water partition coefficient (Wildman–Crippen LogP) is 2.90. The predicted molar refractivity (Wildman–Crippen MR) is 117 cm³/mol. The first-order valence-corrected chi connectivity index (χ1v) is 12.0. The van der Waals surface area contributed by atoms with Gasteiger partial charge >= 0.3 is 0 Å². The molecule has 0 atom stereocenters. The number of benzene rings is 2. The van der Waals surface area contributed by atoms with E-state index in [0.717, 1.165) is 36.9 Å². The molecule has 1 aliphatic heterocycles. The van der Waals surface area contributed by atoms with E-state index >= 15 is 0 Å². The second kappa shape index (κ2) is 10.3. The highest BCUT2D eigenvalue weighted by molar-refractivity contribution is 9.10. The molecule has 6 nitrogen and oxygen atoms in total. The molecule has 1 heterocycles. The molecular weight excluding hydrogens is 454 g/mol. The fourth-order valence-corrected chi connectivity index (χ4v) is 4.67. The molecule has 0 spiro atoms. The van der Waals surface area contributed by atoms with Crippen molar-refractivity contribution >= 4 is 31.9 Å². The zero-order valence-electron chi connectivity index (χ0n) is 16.2. The number of hydrogen-bond donors (Lipinski definition) is 2. The summed E-state index contributed by atoms with van der Waals surface area (Å²) in [5, 5.41) is 3.03. The lowest BCUT2D eigenvalue weighted by Gasteiger charge is -2.32. The molecule has 3 rings (SSSR count). The molecule has 0 aliphatic carbocycles. The summed E-state index contributed by atoms with van der Waals surface area (Å²) in [6.07, 6.45) is 1.94. The Morgan fingerprint density at radius 3 is 2.34 bits per heavy atom. The number of rotatable bonds is 8. The maximum atomic E-state index is 12.2. The van der Waals surface area contributed by atoms with E-state index in [4.69, 9.17) is 0 Å². The number of amides is 1. The maximum Gasteiger partial charge on any atom is 0.240 e. The van der Waals surface area contributed by atoms with Crippen LogP contribution in [0.2, 0.25) is 0 Å². The van der Waals surface area contributed by atoms with Gasteiger partial charge in [0.2, 0.25) is 15.9 Å². The van der Waals surface area contributed by atoms with E-state index < -0.39 is 10.0 Å². The van der Waals surface area contributed by atoms with E-state index in [1.807, 2.05) is 18.2 Å². The van der Waals surface area contributed by atoms with Crippen LogP contribution in [-0.2, 0) is 21.4 Å². The molecule has 1 aliphatic rings.